The topological polar surface area (TPSA) is 66.5 Å². The molecule has 1 amide bonds. The lowest BCUT2D eigenvalue weighted by Crippen LogP contribution is -2.33. The summed E-state index contributed by atoms with van der Waals surface area (Å²) in [7, 11) is -3.77. The van der Waals surface area contributed by atoms with Gasteiger partial charge in [-0.15, -0.1) is 0 Å². The summed E-state index contributed by atoms with van der Waals surface area (Å²) in [6.45, 7) is 3.49. The van der Waals surface area contributed by atoms with Crippen molar-refractivity contribution in [2.45, 2.75) is 31.2 Å². The van der Waals surface area contributed by atoms with Gasteiger partial charge in [0.25, 0.3) is 10.0 Å². The van der Waals surface area contributed by atoms with Gasteiger partial charge in [-0.05, 0) is 48.7 Å². The first-order valence-electron chi connectivity index (χ1n) is 9.47. The molecule has 0 fully saturated rings. The van der Waals surface area contributed by atoms with Crippen LogP contribution >= 0.6 is 0 Å². The number of carbonyl (C=O) groups excluding carboxylic acids is 1. The highest BCUT2D eigenvalue weighted by atomic mass is 32.2. The molecule has 148 valence electrons. The van der Waals surface area contributed by atoms with E-state index in [1.807, 2.05) is 49.4 Å². The first-order valence-corrected chi connectivity index (χ1v) is 10.9. The summed E-state index contributed by atoms with van der Waals surface area (Å²) in [6.07, 6.45) is 0.638. The Labute approximate surface area is 171 Å². The molecule has 1 atom stereocenters. The summed E-state index contributed by atoms with van der Waals surface area (Å²) in [6, 6.07) is 22.0. The highest BCUT2D eigenvalue weighted by Crippen LogP contribution is 2.35. The molecule has 0 saturated heterocycles. The predicted octanol–water partition coefficient (Wildman–Crippen LogP) is 4.45. The summed E-state index contributed by atoms with van der Waals surface area (Å²) < 4.78 is 28.9. The van der Waals surface area contributed by atoms with Crippen LogP contribution < -0.4 is 9.62 Å². The largest absolute Gasteiger partial charge is 0.309 e. The zero-order valence-electron chi connectivity index (χ0n) is 16.3. The van der Waals surface area contributed by atoms with Crippen LogP contribution in [0.1, 0.15) is 19.4 Å². The maximum Gasteiger partial charge on any atom is 0.261 e. The summed E-state index contributed by atoms with van der Waals surface area (Å²) in [5.74, 6) is -0.0400. The Bertz CT molecular complexity index is 1170. The monoisotopic (exact) mass is 406 g/mol. The van der Waals surface area contributed by atoms with Gasteiger partial charge in [-0.25, -0.2) is 8.42 Å². The molecular formula is C23H22N2O3S. The van der Waals surface area contributed by atoms with Gasteiger partial charge in [-0.1, -0.05) is 48.5 Å². The normalized spacial score (nSPS) is 15.8. The van der Waals surface area contributed by atoms with Gasteiger partial charge in [-0.3, -0.25) is 9.52 Å². The number of rotatable bonds is 4. The number of benzene rings is 3. The van der Waals surface area contributed by atoms with E-state index in [4.69, 9.17) is 0 Å². The van der Waals surface area contributed by atoms with Crippen molar-refractivity contribution in [2.75, 3.05) is 9.62 Å². The van der Waals surface area contributed by atoms with Crippen molar-refractivity contribution in [1.82, 2.24) is 0 Å². The first kappa shape index (κ1) is 19.2. The van der Waals surface area contributed by atoms with E-state index in [1.165, 1.54) is 6.92 Å². The Hall–Kier alpha value is -3.12. The third-order valence-corrected chi connectivity index (χ3v) is 6.54. The van der Waals surface area contributed by atoms with Crippen molar-refractivity contribution in [2.24, 2.45) is 0 Å². The van der Waals surface area contributed by atoms with Crippen molar-refractivity contribution < 1.29 is 13.2 Å². The first-order chi connectivity index (χ1) is 13.9. The van der Waals surface area contributed by atoms with Crippen LogP contribution in [0.4, 0.5) is 11.4 Å². The minimum absolute atomic E-state index is 0.0206. The fourth-order valence-corrected chi connectivity index (χ4v) is 5.03. The van der Waals surface area contributed by atoms with Gasteiger partial charge in [-0.2, -0.15) is 0 Å². The average molecular weight is 407 g/mol. The lowest BCUT2D eigenvalue weighted by atomic mass is 10.0. The Morgan fingerprint density at radius 3 is 2.41 bits per heavy atom. The number of nitrogens with one attached hydrogen (secondary N) is 1. The van der Waals surface area contributed by atoms with E-state index in [9.17, 15) is 13.2 Å². The average Bonchev–Trinajstić information content (AvgIpc) is 3.04. The van der Waals surface area contributed by atoms with Crippen LogP contribution in [0.2, 0.25) is 0 Å². The van der Waals surface area contributed by atoms with E-state index in [0.29, 0.717) is 12.1 Å². The number of fused-ring (bicyclic) bond motifs is 1. The molecule has 1 aliphatic rings. The van der Waals surface area contributed by atoms with Crippen LogP contribution in [0, 0.1) is 0 Å². The maximum atomic E-state index is 13.1. The van der Waals surface area contributed by atoms with Crippen molar-refractivity contribution >= 4 is 27.3 Å². The van der Waals surface area contributed by atoms with Gasteiger partial charge < -0.3 is 4.90 Å². The molecule has 3 aromatic carbocycles. The standard InChI is InChI=1S/C23H22N2O3S/c1-16-14-19-15-20(12-13-23(19)25(16)17(2)26)29(27,28)24-22-11-7-6-10-21(22)18-8-4-3-5-9-18/h3-13,15-16,24H,14H2,1-2H3. The van der Waals surface area contributed by atoms with E-state index in [0.717, 1.165) is 22.4 Å². The maximum absolute atomic E-state index is 13.1. The van der Waals surface area contributed by atoms with Crippen molar-refractivity contribution in [3.05, 3.63) is 78.4 Å². The highest BCUT2D eigenvalue weighted by molar-refractivity contribution is 7.92. The van der Waals surface area contributed by atoms with E-state index in [2.05, 4.69) is 4.72 Å². The third-order valence-electron chi connectivity index (χ3n) is 5.17. The number of carbonyl (C=O) groups is 1. The second-order valence-corrected chi connectivity index (χ2v) is 8.93. The smallest absolute Gasteiger partial charge is 0.261 e. The van der Waals surface area contributed by atoms with Crippen molar-refractivity contribution in [3.8, 4) is 11.1 Å². The van der Waals surface area contributed by atoms with Gasteiger partial charge in [0, 0.05) is 24.2 Å². The Balaban J connectivity index is 1.69. The predicted molar refractivity (Wildman–Crippen MR) is 115 cm³/mol. The third kappa shape index (κ3) is 3.63. The number of anilines is 2. The zero-order valence-corrected chi connectivity index (χ0v) is 17.1. The van der Waals surface area contributed by atoms with Gasteiger partial charge in [0.2, 0.25) is 5.91 Å². The highest BCUT2D eigenvalue weighted by Gasteiger charge is 2.30. The van der Waals surface area contributed by atoms with E-state index in [1.54, 1.807) is 35.2 Å². The quantitative estimate of drug-likeness (QED) is 0.696. The molecule has 1 heterocycles. The number of para-hydroxylation sites is 1. The van der Waals surface area contributed by atoms with Crippen LogP contribution in [0.25, 0.3) is 11.1 Å². The van der Waals surface area contributed by atoms with Gasteiger partial charge >= 0.3 is 0 Å². The van der Waals surface area contributed by atoms with E-state index < -0.39 is 10.0 Å². The zero-order chi connectivity index (χ0) is 20.6. The number of hydrogen-bond donors (Lipinski definition) is 1. The van der Waals surface area contributed by atoms with Gasteiger partial charge in [0.05, 0.1) is 10.6 Å². The summed E-state index contributed by atoms with van der Waals surface area (Å²) in [5, 5.41) is 0. The molecule has 3 aromatic rings. The van der Waals surface area contributed by atoms with Crippen LogP contribution in [0.15, 0.2) is 77.7 Å². The minimum atomic E-state index is -3.77. The van der Waals surface area contributed by atoms with Crippen molar-refractivity contribution in [1.29, 1.82) is 0 Å². The van der Waals surface area contributed by atoms with Crippen LogP contribution in [0.5, 0.6) is 0 Å². The summed E-state index contributed by atoms with van der Waals surface area (Å²) in [4.78, 5) is 13.8. The van der Waals surface area contributed by atoms with Crippen molar-refractivity contribution in [3.63, 3.8) is 0 Å². The number of sulfonamides is 1. The summed E-state index contributed by atoms with van der Waals surface area (Å²) >= 11 is 0. The molecule has 29 heavy (non-hydrogen) atoms. The van der Waals surface area contributed by atoms with Crippen LogP contribution in [-0.4, -0.2) is 20.4 Å². The molecule has 1 unspecified atom stereocenters. The SMILES string of the molecule is CC(=O)N1c2ccc(S(=O)(=O)Nc3ccccc3-c3ccccc3)cc2CC1C. The molecule has 0 aromatic heterocycles. The molecule has 0 radical (unpaired) electrons. The fourth-order valence-electron chi connectivity index (χ4n) is 3.90. The number of hydrogen-bond acceptors (Lipinski definition) is 3. The molecule has 1 N–H and O–H groups in total. The number of amides is 1. The minimum Gasteiger partial charge on any atom is -0.309 e. The Morgan fingerprint density at radius 2 is 1.69 bits per heavy atom. The molecule has 1 aliphatic heterocycles. The second-order valence-electron chi connectivity index (χ2n) is 7.25. The van der Waals surface area contributed by atoms with E-state index in [-0.39, 0.29) is 16.8 Å². The molecule has 0 aliphatic carbocycles. The molecule has 4 rings (SSSR count). The Kier molecular flexibility index (Phi) is 4.88. The molecular weight excluding hydrogens is 384 g/mol. The van der Waals surface area contributed by atoms with Crippen LogP contribution in [-0.2, 0) is 21.2 Å². The van der Waals surface area contributed by atoms with Crippen LogP contribution in [0.3, 0.4) is 0 Å². The number of nitrogens with zero attached hydrogens (tertiary/aromatic N) is 1. The van der Waals surface area contributed by atoms with Gasteiger partial charge in [0.15, 0.2) is 0 Å². The molecule has 0 spiro atoms. The molecule has 6 heteroatoms. The molecule has 0 saturated carbocycles. The molecule has 0 bridgehead atoms. The van der Waals surface area contributed by atoms with Gasteiger partial charge in [0.1, 0.15) is 0 Å². The van der Waals surface area contributed by atoms with E-state index >= 15 is 0 Å². The second kappa shape index (κ2) is 7.37. The fraction of sp³-hybridized carbons (Fsp3) is 0.174. The summed E-state index contributed by atoms with van der Waals surface area (Å²) in [5.41, 5.74) is 3.93. The Morgan fingerprint density at radius 1 is 1.00 bits per heavy atom. The lowest BCUT2D eigenvalue weighted by molar-refractivity contribution is -0.116. The molecule has 5 nitrogen and oxygen atoms in total. The lowest BCUT2D eigenvalue weighted by Gasteiger charge is -2.20.